The second-order valence-corrected chi connectivity index (χ2v) is 5.75. The molecule has 3 heteroatoms. The second kappa shape index (κ2) is 7.44. The lowest BCUT2D eigenvalue weighted by molar-refractivity contribution is -0.123. The van der Waals surface area contributed by atoms with Gasteiger partial charge in [-0.05, 0) is 36.3 Å². The van der Waals surface area contributed by atoms with E-state index in [1.165, 1.54) is 31.2 Å². The summed E-state index contributed by atoms with van der Waals surface area (Å²) in [6.07, 6.45) is 6.44. The summed E-state index contributed by atoms with van der Waals surface area (Å²) in [6.45, 7) is 2.06. The molecule has 2 N–H and O–H groups in total. The van der Waals surface area contributed by atoms with Crippen LogP contribution in [0.4, 0.5) is 0 Å². The molecule has 1 saturated carbocycles. The molecule has 20 heavy (non-hydrogen) atoms. The number of carbonyl (C=O) groups excluding carboxylic acids is 1. The first-order chi connectivity index (χ1) is 9.72. The molecule has 0 aliphatic heterocycles. The van der Waals surface area contributed by atoms with Gasteiger partial charge in [0.2, 0.25) is 5.91 Å². The number of rotatable bonds is 6. The molecule has 1 aromatic rings. The highest BCUT2D eigenvalue weighted by atomic mass is 16.3. The third-order valence-corrected chi connectivity index (χ3v) is 4.26. The van der Waals surface area contributed by atoms with Crippen LogP contribution in [-0.2, 0) is 11.2 Å². The van der Waals surface area contributed by atoms with E-state index in [-0.39, 0.29) is 18.6 Å². The van der Waals surface area contributed by atoms with Crippen molar-refractivity contribution in [3.63, 3.8) is 0 Å². The van der Waals surface area contributed by atoms with Crippen molar-refractivity contribution in [1.82, 2.24) is 5.32 Å². The Morgan fingerprint density at radius 1 is 1.30 bits per heavy atom. The molecule has 1 fully saturated rings. The molecular formula is C17H25NO2. The van der Waals surface area contributed by atoms with Crippen LogP contribution < -0.4 is 5.32 Å². The SMILES string of the molecule is CCc1ccc(C(CO)NC(=O)CC2CCCC2)cc1. The molecule has 3 nitrogen and oxygen atoms in total. The number of benzene rings is 1. The van der Waals surface area contributed by atoms with E-state index in [9.17, 15) is 9.90 Å². The van der Waals surface area contributed by atoms with Crippen LogP contribution in [-0.4, -0.2) is 17.6 Å². The predicted octanol–water partition coefficient (Wildman–Crippen LogP) is 2.98. The van der Waals surface area contributed by atoms with E-state index >= 15 is 0 Å². The van der Waals surface area contributed by atoms with Crippen LogP contribution in [0.2, 0.25) is 0 Å². The van der Waals surface area contributed by atoms with Crippen molar-refractivity contribution in [2.75, 3.05) is 6.61 Å². The van der Waals surface area contributed by atoms with E-state index < -0.39 is 0 Å². The topological polar surface area (TPSA) is 49.3 Å². The number of hydrogen-bond donors (Lipinski definition) is 2. The number of nitrogens with one attached hydrogen (secondary N) is 1. The second-order valence-electron chi connectivity index (χ2n) is 5.75. The summed E-state index contributed by atoms with van der Waals surface area (Å²) in [4.78, 5) is 12.0. The molecule has 1 amide bonds. The van der Waals surface area contributed by atoms with Gasteiger partial charge in [-0.1, -0.05) is 44.0 Å². The molecule has 110 valence electrons. The van der Waals surface area contributed by atoms with E-state index in [2.05, 4.69) is 24.4 Å². The maximum atomic E-state index is 12.0. The van der Waals surface area contributed by atoms with Gasteiger partial charge in [0.05, 0.1) is 12.6 Å². The minimum absolute atomic E-state index is 0.0537. The Balaban J connectivity index is 1.91. The molecule has 0 bridgehead atoms. The smallest absolute Gasteiger partial charge is 0.220 e. The summed E-state index contributed by atoms with van der Waals surface area (Å²) in [6, 6.07) is 7.82. The van der Waals surface area contributed by atoms with Crippen LogP contribution in [0.5, 0.6) is 0 Å². The van der Waals surface area contributed by atoms with Crippen molar-refractivity contribution in [2.45, 2.75) is 51.5 Å². The minimum atomic E-state index is -0.283. The lowest BCUT2D eigenvalue weighted by Crippen LogP contribution is -2.31. The number of hydrogen-bond acceptors (Lipinski definition) is 2. The van der Waals surface area contributed by atoms with Gasteiger partial charge in [0, 0.05) is 6.42 Å². The fourth-order valence-corrected chi connectivity index (χ4v) is 2.95. The Morgan fingerprint density at radius 2 is 1.95 bits per heavy atom. The molecule has 0 aromatic heterocycles. The van der Waals surface area contributed by atoms with Crippen molar-refractivity contribution in [3.8, 4) is 0 Å². The molecule has 1 aliphatic carbocycles. The Bertz CT molecular complexity index is 421. The zero-order valence-electron chi connectivity index (χ0n) is 12.3. The average molecular weight is 275 g/mol. The third-order valence-electron chi connectivity index (χ3n) is 4.26. The molecule has 0 spiro atoms. The Kier molecular flexibility index (Phi) is 5.60. The van der Waals surface area contributed by atoms with Crippen LogP contribution in [0.3, 0.4) is 0 Å². The summed E-state index contributed by atoms with van der Waals surface area (Å²) in [5.41, 5.74) is 2.24. The molecule has 1 aliphatic rings. The van der Waals surface area contributed by atoms with Crippen molar-refractivity contribution < 1.29 is 9.90 Å². The van der Waals surface area contributed by atoms with Crippen LogP contribution >= 0.6 is 0 Å². The van der Waals surface area contributed by atoms with Gasteiger partial charge in [-0.15, -0.1) is 0 Å². The highest BCUT2D eigenvalue weighted by Gasteiger charge is 2.20. The lowest BCUT2D eigenvalue weighted by atomic mass is 10.0. The Morgan fingerprint density at radius 3 is 2.50 bits per heavy atom. The quantitative estimate of drug-likeness (QED) is 0.838. The third kappa shape index (κ3) is 4.07. The van der Waals surface area contributed by atoms with E-state index in [1.807, 2.05) is 12.1 Å². The maximum absolute atomic E-state index is 12.0. The summed E-state index contributed by atoms with van der Waals surface area (Å²) in [7, 11) is 0. The van der Waals surface area contributed by atoms with Gasteiger partial charge in [0.15, 0.2) is 0 Å². The van der Waals surface area contributed by atoms with Crippen LogP contribution in [0, 0.1) is 5.92 Å². The van der Waals surface area contributed by atoms with Crippen molar-refractivity contribution in [3.05, 3.63) is 35.4 Å². The van der Waals surface area contributed by atoms with E-state index in [0.29, 0.717) is 12.3 Å². The first kappa shape index (κ1) is 15.0. The van der Waals surface area contributed by atoms with Gasteiger partial charge in [-0.25, -0.2) is 0 Å². The van der Waals surface area contributed by atoms with Gasteiger partial charge in [0.25, 0.3) is 0 Å². The molecule has 0 saturated heterocycles. The summed E-state index contributed by atoms with van der Waals surface area (Å²) >= 11 is 0. The molecule has 0 radical (unpaired) electrons. The van der Waals surface area contributed by atoms with Crippen molar-refractivity contribution in [1.29, 1.82) is 0 Å². The molecule has 1 aromatic carbocycles. The van der Waals surface area contributed by atoms with Crippen LogP contribution in [0.15, 0.2) is 24.3 Å². The molecular weight excluding hydrogens is 250 g/mol. The Hall–Kier alpha value is -1.35. The summed E-state index contributed by atoms with van der Waals surface area (Å²) in [5, 5.41) is 12.5. The van der Waals surface area contributed by atoms with Gasteiger partial charge in [0.1, 0.15) is 0 Å². The fraction of sp³-hybridized carbons (Fsp3) is 0.588. The molecule has 2 rings (SSSR count). The zero-order valence-corrected chi connectivity index (χ0v) is 12.3. The number of amides is 1. The van der Waals surface area contributed by atoms with E-state index in [1.54, 1.807) is 0 Å². The number of aliphatic hydroxyl groups is 1. The monoisotopic (exact) mass is 275 g/mol. The first-order valence-corrected chi connectivity index (χ1v) is 7.72. The molecule has 0 heterocycles. The largest absolute Gasteiger partial charge is 0.394 e. The number of aliphatic hydroxyl groups excluding tert-OH is 1. The predicted molar refractivity (Wildman–Crippen MR) is 80.4 cm³/mol. The highest BCUT2D eigenvalue weighted by Crippen LogP contribution is 2.27. The zero-order chi connectivity index (χ0) is 14.4. The van der Waals surface area contributed by atoms with E-state index in [4.69, 9.17) is 0 Å². The van der Waals surface area contributed by atoms with Crippen molar-refractivity contribution >= 4 is 5.91 Å². The molecule has 1 atom stereocenters. The number of aryl methyl sites for hydroxylation is 1. The van der Waals surface area contributed by atoms with Crippen LogP contribution in [0.1, 0.15) is 56.2 Å². The standard InChI is InChI=1S/C17H25NO2/c1-2-13-7-9-15(10-8-13)16(12-19)18-17(20)11-14-5-3-4-6-14/h7-10,14,16,19H,2-6,11-12H2,1H3,(H,18,20). The van der Waals surface area contributed by atoms with Gasteiger partial charge >= 0.3 is 0 Å². The average Bonchev–Trinajstić information content (AvgIpc) is 2.97. The maximum Gasteiger partial charge on any atom is 0.220 e. The number of carbonyl (C=O) groups is 1. The van der Waals surface area contributed by atoms with Gasteiger partial charge < -0.3 is 10.4 Å². The van der Waals surface area contributed by atoms with Crippen molar-refractivity contribution in [2.24, 2.45) is 5.92 Å². The highest BCUT2D eigenvalue weighted by molar-refractivity contribution is 5.76. The first-order valence-electron chi connectivity index (χ1n) is 7.72. The molecule has 1 unspecified atom stereocenters. The minimum Gasteiger partial charge on any atom is -0.394 e. The van der Waals surface area contributed by atoms with Gasteiger partial charge in [-0.3, -0.25) is 4.79 Å². The summed E-state index contributed by atoms with van der Waals surface area (Å²) < 4.78 is 0. The van der Waals surface area contributed by atoms with Crippen LogP contribution in [0.25, 0.3) is 0 Å². The normalized spacial score (nSPS) is 17.1. The fourth-order valence-electron chi connectivity index (χ4n) is 2.95. The van der Waals surface area contributed by atoms with Gasteiger partial charge in [-0.2, -0.15) is 0 Å². The summed E-state index contributed by atoms with van der Waals surface area (Å²) in [5.74, 6) is 0.604. The van der Waals surface area contributed by atoms with E-state index in [0.717, 1.165) is 12.0 Å². The Labute approximate surface area is 121 Å². The lowest BCUT2D eigenvalue weighted by Gasteiger charge is -2.18.